The highest BCUT2D eigenvalue weighted by Crippen LogP contribution is 2.29. The third kappa shape index (κ3) is 2.36. The zero-order valence-electron chi connectivity index (χ0n) is 11.7. The Morgan fingerprint density at radius 1 is 1.20 bits per heavy atom. The van der Waals surface area contributed by atoms with Gasteiger partial charge in [-0.05, 0) is 26.1 Å². The molecular weight excluding hydrogens is 295 g/mol. The molecule has 0 radical (unpaired) electrons. The Balaban J connectivity index is 2.13. The van der Waals surface area contributed by atoms with E-state index in [1.165, 1.54) is 0 Å². The average Bonchev–Trinajstić information content (AvgIpc) is 2.81. The number of hydrogen-bond donors (Lipinski definition) is 0. The van der Waals surface area contributed by atoms with Gasteiger partial charge in [-0.2, -0.15) is 0 Å². The van der Waals surface area contributed by atoms with Crippen LogP contribution in [0, 0.1) is 0 Å². The van der Waals surface area contributed by atoms with Crippen LogP contribution in [0.1, 0.15) is 18.1 Å². The number of alkyl halides is 1. The van der Waals surface area contributed by atoms with Gasteiger partial charge in [-0.25, -0.2) is 9.66 Å². The molecule has 0 N–H and O–H groups in total. The number of hydrogen-bond acceptors (Lipinski definition) is 3. The van der Waals surface area contributed by atoms with Gasteiger partial charge in [0.1, 0.15) is 11.3 Å². The molecule has 0 amide bonds. The fraction of sp³-hybridized carbons (Fsp3) is 0.500. The van der Waals surface area contributed by atoms with Crippen LogP contribution in [-0.4, -0.2) is 47.8 Å². The van der Waals surface area contributed by atoms with E-state index in [0.29, 0.717) is 0 Å². The summed E-state index contributed by atoms with van der Waals surface area (Å²) >= 11 is 12.7. The third-order valence-electron chi connectivity index (χ3n) is 3.75. The van der Waals surface area contributed by atoms with Crippen LogP contribution in [0.25, 0.3) is 11.0 Å². The largest absolute Gasteiger partial charge is 0.308 e. The molecule has 4 nitrogen and oxygen atoms in total. The average molecular weight is 313 g/mol. The molecule has 1 aliphatic rings. The Bertz CT molecular complexity index is 615. The van der Waals surface area contributed by atoms with Crippen LogP contribution in [0.3, 0.4) is 0 Å². The first-order valence-corrected chi connectivity index (χ1v) is 7.64. The summed E-state index contributed by atoms with van der Waals surface area (Å²) in [4.78, 5) is 6.98. The highest BCUT2D eigenvalue weighted by Gasteiger charge is 2.23. The minimum absolute atomic E-state index is 0.155. The van der Waals surface area contributed by atoms with Crippen molar-refractivity contribution in [1.29, 1.82) is 0 Å². The van der Waals surface area contributed by atoms with Crippen molar-refractivity contribution in [2.75, 3.05) is 38.2 Å². The second kappa shape index (κ2) is 5.43. The maximum atomic E-state index is 6.39. The van der Waals surface area contributed by atoms with E-state index in [9.17, 15) is 0 Å². The molecule has 2 aromatic rings. The predicted octanol–water partition coefficient (Wildman–Crippen LogP) is 2.87. The fourth-order valence-electron chi connectivity index (χ4n) is 2.63. The smallest absolute Gasteiger partial charge is 0.146 e. The summed E-state index contributed by atoms with van der Waals surface area (Å²) in [6.45, 7) is 5.90. The topological polar surface area (TPSA) is 24.3 Å². The number of piperazine rings is 1. The van der Waals surface area contributed by atoms with Crippen molar-refractivity contribution in [1.82, 2.24) is 14.6 Å². The highest BCUT2D eigenvalue weighted by molar-refractivity contribution is 6.35. The van der Waals surface area contributed by atoms with E-state index in [0.717, 1.165) is 48.1 Å². The molecule has 1 atom stereocenters. The normalized spacial score (nSPS) is 18.7. The zero-order valence-corrected chi connectivity index (χ0v) is 13.2. The van der Waals surface area contributed by atoms with E-state index in [1.807, 2.05) is 25.1 Å². The minimum atomic E-state index is -0.155. The Labute approximate surface area is 128 Å². The van der Waals surface area contributed by atoms with Gasteiger partial charge in [0.25, 0.3) is 0 Å². The molecule has 1 aromatic heterocycles. The Kier molecular flexibility index (Phi) is 3.80. The molecule has 6 heteroatoms. The Morgan fingerprint density at radius 2 is 1.90 bits per heavy atom. The second-order valence-electron chi connectivity index (χ2n) is 5.26. The van der Waals surface area contributed by atoms with Crippen molar-refractivity contribution >= 4 is 34.2 Å². The molecule has 0 saturated carbocycles. The van der Waals surface area contributed by atoms with Crippen molar-refractivity contribution in [2.45, 2.75) is 12.3 Å². The Morgan fingerprint density at radius 3 is 2.55 bits per heavy atom. The lowest BCUT2D eigenvalue weighted by molar-refractivity contribution is 0.287. The SMILES string of the molecule is CC(Cl)c1nc2cccc(Cl)c2n1N1CCN(C)CC1. The van der Waals surface area contributed by atoms with Crippen molar-refractivity contribution in [3.63, 3.8) is 0 Å². The number of para-hydroxylation sites is 1. The monoisotopic (exact) mass is 312 g/mol. The van der Waals surface area contributed by atoms with E-state index in [2.05, 4.69) is 26.6 Å². The molecule has 0 bridgehead atoms. The Hall–Kier alpha value is -0.970. The van der Waals surface area contributed by atoms with Crippen molar-refractivity contribution in [2.24, 2.45) is 0 Å². The number of likely N-dealkylation sites (N-methyl/N-ethyl adjacent to an activating group) is 1. The van der Waals surface area contributed by atoms with Crippen LogP contribution in [0.2, 0.25) is 5.02 Å². The van der Waals surface area contributed by atoms with Gasteiger partial charge < -0.3 is 9.91 Å². The molecule has 108 valence electrons. The number of benzene rings is 1. The fourth-order valence-corrected chi connectivity index (χ4v) is 3.02. The molecular formula is C14H18Cl2N4. The van der Waals surface area contributed by atoms with E-state index < -0.39 is 0 Å². The second-order valence-corrected chi connectivity index (χ2v) is 6.32. The first-order chi connectivity index (χ1) is 9.58. The summed E-state index contributed by atoms with van der Waals surface area (Å²) < 4.78 is 2.11. The first kappa shape index (κ1) is 14.0. The third-order valence-corrected chi connectivity index (χ3v) is 4.25. The van der Waals surface area contributed by atoms with Gasteiger partial charge in [-0.1, -0.05) is 17.7 Å². The number of halogens is 2. The van der Waals surface area contributed by atoms with Crippen LogP contribution in [0.15, 0.2) is 18.2 Å². The lowest BCUT2D eigenvalue weighted by atomic mass is 10.3. The van der Waals surface area contributed by atoms with Crippen LogP contribution >= 0.6 is 23.2 Å². The lowest BCUT2D eigenvalue weighted by Crippen LogP contribution is -2.50. The van der Waals surface area contributed by atoms with Gasteiger partial charge in [0, 0.05) is 26.2 Å². The van der Waals surface area contributed by atoms with Gasteiger partial charge in [-0.15, -0.1) is 11.6 Å². The maximum Gasteiger partial charge on any atom is 0.146 e. The molecule has 0 spiro atoms. The summed E-state index contributed by atoms with van der Waals surface area (Å²) in [5.41, 5.74) is 1.86. The number of imidazole rings is 1. The summed E-state index contributed by atoms with van der Waals surface area (Å²) in [7, 11) is 2.14. The highest BCUT2D eigenvalue weighted by atomic mass is 35.5. The van der Waals surface area contributed by atoms with Crippen LogP contribution in [0.4, 0.5) is 0 Å². The van der Waals surface area contributed by atoms with Crippen LogP contribution < -0.4 is 5.01 Å². The van der Waals surface area contributed by atoms with Crippen LogP contribution in [0.5, 0.6) is 0 Å². The van der Waals surface area contributed by atoms with Crippen LogP contribution in [-0.2, 0) is 0 Å². The zero-order chi connectivity index (χ0) is 14.3. The number of nitrogens with zero attached hydrogens (tertiary/aromatic N) is 4. The van der Waals surface area contributed by atoms with Gasteiger partial charge in [0.05, 0.1) is 15.9 Å². The molecule has 1 aromatic carbocycles. The van der Waals surface area contributed by atoms with Crippen molar-refractivity contribution < 1.29 is 0 Å². The molecule has 1 fully saturated rings. The number of aromatic nitrogens is 2. The summed E-state index contributed by atoms with van der Waals surface area (Å²) in [5.74, 6) is 0.860. The molecule has 0 aliphatic carbocycles. The molecule has 1 saturated heterocycles. The lowest BCUT2D eigenvalue weighted by Gasteiger charge is -2.36. The first-order valence-electron chi connectivity index (χ1n) is 6.82. The number of rotatable bonds is 2. The van der Waals surface area contributed by atoms with Gasteiger partial charge in [0.2, 0.25) is 0 Å². The maximum absolute atomic E-state index is 6.39. The minimum Gasteiger partial charge on any atom is -0.308 e. The molecule has 2 heterocycles. The molecule has 1 aliphatic heterocycles. The molecule has 1 unspecified atom stereocenters. The van der Waals surface area contributed by atoms with E-state index in [-0.39, 0.29) is 5.38 Å². The molecule has 3 rings (SSSR count). The van der Waals surface area contributed by atoms with E-state index in [4.69, 9.17) is 23.2 Å². The summed E-state index contributed by atoms with van der Waals surface area (Å²) in [6.07, 6.45) is 0. The van der Waals surface area contributed by atoms with Crippen molar-refractivity contribution in [3.05, 3.63) is 29.0 Å². The quantitative estimate of drug-likeness (QED) is 0.797. The van der Waals surface area contributed by atoms with Crippen molar-refractivity contribution in [3.8, 4) is 0 Å². The molecule has 20 heavy (non-hydrogen) atoms. The predicted molar refractivity (Wildman–Crippen MR) is 84.5 cm³/mol. The van der Waals surface area contributed by atoms with Gasteiger partial charge in [0.15, 0.2) is 0 Å². The summed E-state index contributed by atoms with van der Waals surface area (Å²) in [5, 5.41) is 2.85. The van der Waals surface area contributed by atoms with Gasteiger partial charge >= 0.3 is 0 Å². The van der Waals surface area contributed by atoms with Gasteiger partial charge in [-0.3, -0.25) is 0 Å². The standard InChI is InChI=1S/C14H18Cl2N4/c1-10(15)14-17-12-5-3-4-11(16)13(12)20(14)19-8-6-18(2)7-9-19/h3-5,10H,6-9H2,1-2H3. The van der Waals surface area contributed by atoms with E-state index >= 15 is 0 Å². The number of fused-ring (bicyclic) bond motifs is 1. The summed E-state index contributed by atoms with van der Waals surface area (Å²) in [6, 6.07) is 5.81. The van der Waals surface area contributed by atoms with E-state index in [1.54, 1.807) is 0 Å².